The van der Waals surface area contributed by atoms with Crippen molar-refractivity contribution in [2.45, 2.75) is 32.1 Å². The van der Waals surface area contributed by atoms with E-state index in [0.29, 0.717) is 25.8 Å². The zero-order valence-electron chi connectivity index (χ0n) is 13.0. The second kappa shape index (κ2) is 6.86. The van der Waals surface area contributed by atoms with Crippen molar-refractivity contribution in [3.05, 3.63) is 36.1 Å². The van der Waals surface area contributed by atoms with Gasteiger partial charge in [0.2, 0.25) is 5.91 Å². The van der Waals surface area contributed by atoms with Crippen molar-refractivity contribution in [1.82, 2.24) is 5.32 Å². The topological polar surface area (TPSA) is 79.5 Å². The van der Waals surface area contributed by atoms with E-state index in [1.807, 2.05) is 30.3 Å². The number of benzene rings is 1. The van der Waals surface area contributed by atoms with Gasteiger partial charge in [-0.3, -0.25) is 9.59 Å². The van der Waals surface area contributed by atoms with Gasteiger partial charge in [-0.25, -0.2) is 0 Å². The fourth-order valence-electron chi connectivity index (χ4n) is 3.27. The van der Waals surface area contributed by atoms with E-state index in [4.69, 9.17) is 9.52 Å². The molecule has 0 bridgehead atoms. The van der Waals surface area contributed by atoms with Gasteiger partial charge in [0.25, 0.3) is 0 Å². The Morgan fingerprint density at radius 1 is 1.22 bits per heavy atom. The van der Waals surface area contributed by atoms with Crippen LogP contribution in [-0.4, -0.2) is 23.5 Å². The number of carboxylic acid groups (broad SMARTS) is 1. The molecule has 5 heteroatoms. The first kappa shape index (κ1) is 15.6. The number of carbonyl (C=O) groups excluding carboxylic acids is 1. The SMILES string of the molecule is O=C(O)C1CCCC(C(=O)NCCc2cc3ccccc3o2)C1. The number of rotatable bonds is 5. The molecule has 1 amide bonds. The highest BCUT2D eigenvalue weighted by Gasteiger charge is 2.30. The molecular formula is C18H21NO4. The number of para-hydroxylation sites is 1. The standard InChI is InChI=1S/C18H21NO4/c20-17(13-5-3-6-14(10-13)18(21)22)19-9-8-15-11-12-4-1-2-7-16(12)23-15/h1-2,4,7,11,13-14H,3,5-6,8-10H2,(H,19,20)(H,21,22). The number of hydrogen-bond acceptors (Lipinski definition) is 3. The number of amides is 1. The second-order valence-electron chi connectivity index (χ2n) is 6.19. The molecule has 1 heterocycles. The fraction of sp³-hybridized carbons (Fsp3) is 0.444. The van der Waals surface area contributed by atoms with Gasteiger partial charge in [-0.05, 0) is 31.4 Å². The maximum Gasteiger partial charge on any atom is 0.306 e. The van der Waals surface area contributed by atoms with Crippen LogP contribution in [0.1, 0.15) is 31.4 Å². The van der Waals surface area contributed by atoms with Gasteiger partial charge in [0.05, 0.1) is 5.92 Å². The van der Waals surface area contributed by atoms with Crippen LogP contribution in [0, 0.1) is 11.8 Å². The normalized spacial score (nSPS) is 21.2. The molecule has 23 heavy (non-hydrogen) atoms. The number of aliphatic carboxylic acids is 1. The van der Waals surface area contributed by atoms with Crippen molar-refractivity contribution in [3.63, 3.8) is 0 Å². The lowest BCUT2D eigenvalue weighted by molar-refractivity contribution is -0.144. The molecule has 2 atom stereocenters. The number of carbonyl (C=O) groups is 2. The Hall–Kier alpha value is -2.30. The smallest absolute Gasteiger partial charge is 0.306 e. The van der Waals surface area contributed by atoms with Gasteiger partial charge in [-0.2, -0.15) is 0 Å². The van der Waals surface area contributed by atoms with Gasteiger partial charge >= 0.3 is 5.97 Å². The molecule has 1 aliphatic carbocycles. The van der Waals surface area contributed by atoms with Crippen LogP contribution >= 0.6 is 0 Å². The summed E-state index contributed by atoms with van der Waals surface area (Å²) in [4.78, 5) is 23.3. The van der Waals surface area contributed by atoms with Crippen molar-refractivity contribution in [2.24, 2.45) is 11.8 Å². The van der Waals surface area contributed by atoms with Crippen molar-refractivity contribution in [1.29, 1.82) is 0 Å². The van der Waals surface area contributed by atoms with Gasteiger partial charge in [0.1, 0.15) is 11.3 Å². The predicted octanol–water partition coefficient (Wildman–Crippen LogP) is 2.98. The lowest BCUT2D eigenvalue weighted by Crippen LogP contribution is -2.36. The first-order valence-corrected chi connectivity index (χ1v) is 8.11. The number of hydrogen-bond donors (Lipinski definition) is 2. The third kappa shape index (κ3) is 3.73. The lowest BCUT2D eigenvalue weighted by Gasteiger charge is -2.25. The van der Waals surface area contributed by atoms with Crippen LogP contribution in [0.25, 0.3) is 11.0 Å². The highest BCUT2D eigenvalue weighted by molar-refractivity contribution is 5.80. The molecule has 0 spiro atoms. The minimum absolute atomic E-state index is 0.0351. The number of furan rings is 1. The zero-order valence-corrected chi connectivity index (χ0v) is 13.0. The molecule has 1 fully saturated rings. The highest BCUT2D eigenvalue weighted by Crippen LogP contribution is 2.29. The van der Waals surface area contributed by atoms with Crippen LogP contribution in [0.4, 0.5) is 0 Å². The van der Waals surface area contributed by atoms with Gasteiger partial charge < -0.3 is 14.8 Å². The molecule has 2 unspecified atom stereocenters. The molecule has 122 valence electrons. The molecule has 2 aromatic rings. The van der Waals surface area contributed by atoms with E-state index in [0.717, 1.165) is 29.6 Å². The lowest BCUT2D eigenvalue weighted by atomic mass is 9.81. The molecule has 3 rings (SSSR count). The van der Waals surface area contributed by atoms with Gasteiger partial charge in [-0.15, -0.1) is 0 Å². The van der Waals surface area contributed by atoms with Crippen molar-refractivity contribution in [3.8, 4) is 0 Å². The van der Waals surface area contributed by atoms with Gasteiger partial charge in [0, 0.05) is 24.3 Å². The molecule has 1 saturated carbocycles. The van der Waals surface area contributed by atoms with Crippen LogP contribution < -0.4 is 5.32 Å². The Kier molecular flexibility index (Phi) is 4.65. The molecule has 1 aliphatic rings. The van der Waals surface area contributed by atoms with Gasteiger partial charge in [0.15, 0.2) is 0 Å². The molecule has 1 aromatic carbocycles. The molecular weight excluding hydrogens is 294 g/mol. The van der Waals surface area contributed by atoms with Crippen molar-refractivity contribution in [2.75, 3.05) is 6.54 Å². The van der Waals surface area contributed by atoms with E-state index >= 15 is 0 Å². The van der Waals surface area contributed by atoms with Crippen molar-refractivity contribution >= 4 is 22.8 Å². The Labute approximate surface area is 134 Å². The summed E-state index contributed by atoms with van der Waals surface area (Å²) in [5.74, 6) is -0.536. The van der Waals surface area contributed by atoms with Crippen LogP contribution in [0.3, 0.4) is 0 Å². The maximum atomic E-state index is 12.2. The quantitative estimate of drug-likeness (QED) is 0.889. The molecule has 0 aliphatic heterocycles. The molecule has 1 aromatic heterocycles. The van der Waals surface area contributed by atoms with Crippen LogP contribution in [0.2, 0.25) is 0 Å². The third-order valence-corrected chi connectivity index (χ3v) is 4.54. The summed E-state index contributed by atoms with van der Waals surface area (Å²) in [5, 5.41) is 13.1. The van der Waals surface area contributed by atoms with Crippen LogP contribution in [0.5, 0.6) is 0 Å². The van der Waals surface area contributed by atoms with E-state index < -0.39 is 5.97 Å². The third-order valence-electron chi connectivity index (χ3n) is 4.54. The van der Waals surface area contributed by atoms with E-state index in [1.165, 1.54) is 0 Å². The van der Waals surface area contributed by atoms with Crippen molar-refractivity contribution < 1.29 is 19.1 Å². The Morgan fingerprint density at radius 2 is 2.00 bits per heavy atom. The number of nitrogens with one attached hydrogen (secondary N) is 1. The average Bonchev–Trinajstić information content (AvgIpc) is 2.97. The summed E-state index contributed by atoms with van der Waals surface area (Å²) < 4.78 is 5.71. The second-order valence-corrected chi connectivity index (χ2v) is 6.19. The van der Waals surface area contributed by atoms with Gasteiger partial charge in [-0.1, -0.05) is 24.6 Å². The van der Waals surface area contributed by atoms with Crippen LogP contribution in [0.15, 0.2) is 34.7 Å². The summed E-state index contributed by atoms with van der Waals surface area (Å²) in [5.41, 5.74) is 0.852. The Bertz CT molecular complexity index is 673. The summed E-state index contributed by atoms with van der Waals surface area (Å²) in [6, 6.07) is 9.80. The highest BCUT2D eigenvalue weighted by atomic mass is 16.4. The fourth-order valence-corrected chi connectivity index (χ4v) is 3.27. The summed E-state index contributed by atoms with van der Waals surface area (Å²) in [7, 11) is 0. The summed E-state index contributed by atoms with van der Waals surface area (Å²) in [6.45, 7) is 0.507. The average molecular weight is 315 g/mol. The zero-order chi connectivity index (χ0) is 16.2. The number of carboxylic acids is 1. The first-order chi connectivity index (χ1) is 11.1. The first-order valence-electron chi connectivity index (χ1n) is 8.11. The monoisotopic (exact) mass is 315 g/mol. The van der Waals surface area contributed by atoms with E-state index in [2.05, 4.69) is 5.32 Å². The molecule has 0 saturated heterocycles. The van der Waals surface area contributed by atoms with E-state index in [1.54, 1.807) is 0 Å². The molecule has 0 radical (unpaired) electrons. The minimum Gasteiger partial charge on any atom is -0.481 e. The summed E-state index contributed by atoms with van der Waals surface area (Å²) >= 11 is 0. The molecule has 2 N–H and O–H groups in total. The van der Waals surface area contributed by atoms with Crippen LogP contribution in [-0.2, 0) is 16.0 Å². The molecule has 5 nitrogen and oxygen atoms in total. The maximum absolute atomic E-state index is 12.2. The predicted molar refractivity (Wildman–Crippen MR) is 86.0 cm³/mol. The van der Waals surface area contributed by atoms with E-state index in [9.17, 15) is 9.59 Å². The minimum atomic E-state index is -0.787. The largest absolute Gasteiger partial charge is 0.481 e. The Morgan fingerprint density at radius 3 is 2.78 bits per heavy atom. The van der Waals surface area contributed by atoms with E-state index in [-0.39, 0.29) is 17.7 Å². The Balaban J connectivity index is 1.50. The number of fused-ring (bicyclic) bond motifs is 1. The summed E-state index contributed by atoms with van der Waals surface area (Å²) in [6.07, 6.45) is 3.35.